The third kappa shape index (κ3) is 4.10. The van der Waals surface area contributed by atoms with E-state index in [4.69, 9.17) is 27.9 Å². The first-order valence-corrected chi connectivity index (χ1v) is 9.19. The van der Waals surface area contributed by atoms with Crippen molar-refractivity contribution in [3.8, 4) is 5.75 Å². The fourth-order valence-corrected chi connectivity index (χ4v) is 4.37. The number of ether oxygens (including phenoxy) is 1. The minimum absolute atomic E-state index is 0.0109. The number of pyridine rings is 1. The maximum Gasteiger partial charge on any atom is 0.254 e. The van der Waals surface area contributed by atoms with E-state index in [-0.39, 0.29) is 33.6 Å². The van der Waals surface area contributed by atoms with Crippen molar-refractivity contribution in [2.24, 2.45) is 0 Å². The summed E-state index contributed by atoms with van der Waals surface area (Å²) in [5, 5.41) is 0.0700. The third-order valence-corrected chi connectivity index (χ3v) is 5.78. The van der Waals surface area contributed by atoms with E-state index in [1.807, 2.05) is 0 Å². The highest BCUT2D eigenvalue weighted by Gasteiger charge is 2.21. The Bertz CT molecular complexity index is 890. The Balaban J connectivity index is 2.16. The second-order valence-corrected chi connectivity index (χ2v) is 7.49. The number of rotatable bonds is 6. The van der Waals surface area contributed by atoms with Crippen LogP contribution in [0.2, 0.25) is 10.0 Å². The normalized spacial score (nSPS) is 11.5. The molecule has 0 atom stereocenters. The molecule has 0 fully saturated rings. The van der Waals surface area contributed by atoms with Gasteiger partial charge in [-0.15, -0.1) is 0 Å². The first kappa shape index (κ1) is 18.8. The average Bonchev–Trinajstić information content (AvgIpc) is 2.49. The van der Waals surface area contributed by atoms with Crippen LogP contribution in [0.3, 0.4) is 0 Å². The Morgan fingerprint density at radius 2 is 1.83 bits per heavy atom. The predicted octanol–water partition coefficient (Wildman–Crippen LogP) is 2.45. The average molecular weight is 391 g/mol. The molecule has 0 unspecified atom stereocenters. The third-order valence-electron chi connectivity index (χ3n) is 3.36. The van der Waals surface area contributed by atoms with Gasteiger partial charge in [0.05, 0.1) is 17.2 Å². The maximum atomic E-state index is 12.3. The summed E-state index contributed by atoms with van der Waals surface area (Å²) in [5.41, 5.74) is 0.385. The number of methoxy groups -OCH3 is 1. The van der Waals surface area contributed by atoms with Gasteiger partial charge in [0.25, 0.3) is 5.56 Å². The van der Waals surface area contributed by atoms with Crippen molar-refractivity contribution in [2.75, 3.05) is 13.7 Å². The van der Waals surface area contributed by atoms with E-state index in [0.717, 1.165) is 0 Å². The van der Waals surface area contributed by atoms with Gasteiger partial charge in [-0.1, -0.05) is 29.3 Å². The molecule has 0 aliphatic carbocycles. The molecular weight excluding hydrogens is 375 g/mol. The van der Waals surface area contributed by atoms with Crippen molar-refractivity contribution in [1.29, 1.82) is 0 Å². The standard InChI is InChI=1S/C15H16Cl2N2O4S/c1-10-8-11(23-2)9-14(20)19(10)7-6-18-24(21,22)15-12(16)4-3-5-13(15)17/h3-5,8-9,18H,6-7H2,1-2H3. The van der Waals surface area contributed by atoms with Crippen molar-refractivity contribution >= 4 is 33.2 Å². The van der Waals surface area contributed by atoms with Crippen molar-refractivity contribution in [3.05, 3.63) is 56.4 Å². The van der Waals surface area contributed by atoms with Crippen LogP contribution < -0.4 is 15.0 Å². The molecule has 0 aliphatic heterocycles. The molecule has 1 aromatic heterocycles. The second-order valence-electron chi connectivity index (χ2n) is 4.97. The largest absolute Gasteiger partial charge is 0.496 e. The van der Waals surface area contributed by atoms with E-state index < -0.39 is 10.0 Å². The fourth-order valence-electron chi connectivity index (χ4n) is 2.21. The summed E-state index contributed by atoms with van der Waals surface area (Å²) in [6, 6.07) is 7.48. The number of aromatic nitrogens is 1. The molecule has 1 heterocycles. The highest BCUT2D eigenvalue weighted by molar-refractivity contribution is 7.89. The summed E-state index contributed by atoms with van der Waals surface area (Å²) in [5.74, 6) is 0.456. The number of aryl methyl sites for hydroxylation is 1. The topological polar surface area (TPSA) is 77.4 Å². The number of sulfonamides is 1. The Morgan fingerprint density at radius 3 is 2.38 bits per heavy atom. The first-order valence-electron chi connectivity index (χ1n) is 6.95. The quantitative estimate of drug-likeness (QED) is 0.821. The number of nitrogens with zero attached hydrogens (tertiary/aromatic N) is 1. The highest BCUT2D eigenvalue weighted by Crippen LogP contribution is 2.28. The van der Waals surface area contributed by atoms with Crippen LogP contribution in [0, 0.1) is 6.92 Å². The summed E-state index contributed by atoms with van der Waals surface area (Å²) in [7, 11) is -2.41. The molecular formula is C15H16Cl2N2O4S. The van der Waals surface area contributed by atoms with E-state index in [2.05, 4.69) is 4.72 Å². The highest BCUT2D eigenvalue weighted by atomic mass is 35.5. The van der Waals surface area contributed by atoms with Crippen LogP contribution in [0.4, 0.5) is 0 Å². The van der Waals surface area contributed by atoms with Gasteiger partial charge in [0.2, 0.25) is 10.0 Å². The number of halogens is 2. The SMILES string of the molecule is COc1cc(C)n(CCNS(=O)(=O)c2c(Cl)cccc2Cl)c(=O)c1. The van der Waals surface area contributed by atoms with Crippen molar-refractivity contribution in [3.63, 3.8) is 0 Å². The van der Waals surface area contributed by atoms with Gasteiger partial charge in [0, 0.05) is 24.8 Å². The van der Waals surface area contributed by atoms with Crippen LogP contribution in [-0.4, -0.2) is 26.6 Å². The number of benzene rings is 1. The zero-order valence-corrected chi connectivity index (χ0v) is 15.4. The van der Waals surface area contributed by atoms with Crippen LogP contribution in [0.1, 0.15) is 5.69 Å². The van der Waals surface area contributed by atoms with Gasteiger partial charge >= 0.3 is 0 Å². The molecule has 6 nitrogen and oxygen atoms in total. The molecule has 0 spiro atoms. The lowest BCUT2D eigenvalue weighted by molar-refractivity contribution is 0.411. The summed E-state index contributed by atoms with van der Waals surface area (Å²) in [6.07, 6.45) is 0. The predicted molar refractivity (Wildman–Crippen MR) is 93.6 cm³/mol. The van der Waals surface area contributed by atoms with E-state index in [0.29, 0.717) is 11.4 Å². The number of hydrogen-bond donors (Lipinski definition) is 1. The van der Waals surface area contributed by atoms with Gasteiger partial charge in [0.1, 0.15) is 10.6 Å². The van der Waals surface area contributed by atoms with Crippen LogP contribution in [0.5, 0.6) is 5.75 Å². The molecule has 130 valence electrons. The Labute approximate surface area is 150 Å². The molecule has 0 radical (unpaired) electrons. The van der Waals surface area contributed by atoms with Gasteiger partial charge in [-0.3, -0.25) is 4.79 Å². The lowest BCUT2D eigenvalue weighted by Crippen LogP contribution is -2.31. The maximum absolute atomic E-state index is 12.3. The smallest absolute Gasteiger partial charge is 0.254 e. The molecule has 24 heavy (non-hydrogen) atoms. The molecule has 0 saturated heterocycles. The van der Waals surface area contributed by atoms with Gasteiger partial charge in [0.15, 0.2) is 0 Å². The summed E-state index contributed by atoms with van der Waals surface area (Å²) in [6.45, 7) is 1.91. The van der Waals surface area contributed by atoms with Crippen molar-refractivity contribution in [2.45, 2.75) is 18.4 Å². The molecule has 1 N–H and O–H groups in total. The van der Waals surface area contributed by atoms with Crippen LogP contribution in [0.25, 0.3) is 0 Å². The van der Waals surface area contributed by atoms with Crippen LogP contribution in [-0.2, 0) is 16.6 Å². The van der Waals surface area contributed by atoms with Gasteiger partial charge < -0.3 is 9.30 Å². The molecule has 0 saturated carbocycles. The van der Waals surface area contributed by atoms with E-state index in [1.54, 1.807) is 19.1 Å². The summed E-state index contributed by atoms with van der Waals surface area (Å²) in [4.78, 5) is 11.8. The lowest BCUT2D eigenvalue weighted by Gasteiger charge is -2.13. The Morgan fingerprint density at radius 1 is 1.21 bits per heavy atom. The fraction of sp³-hybridized carbons (Fsp3) is 0.267. The molecule has 2 aromatic rings. The van der Waals surface area contributed by atoms with Crippen LogP contribution in [0.15, 0.2) is 40.0 Å². The lowest BCUT2D eigenvalue weighted by atomic mass is 10.3. The van der Waals surface area contributed by atoms with E-state index in [1.165, 1.54) is 29.9 Å². The Kier molecular flexibility index (Phi) is 5.92. The zero-order valence-electron chi connectivity index (χ0n) is 13.0. The first-order chi connectivity index (χ1) is 11.3. The van der Waals surface area contributed by atoms with Gasteiger partial charge in [-0.25, -0.2) is 13.1 Å². The zero-order chi connectivity index (χ0) is 17.9. The minimum Gasteiger partial charge on any atom is -0.496 e. The molecule has 1 aromatic carbocycles. The van der Waals surface area contributed by atoms with Gasteiger partial charge in [-0.2, -0.15) is 0 Å². The summed E-state index contributed by atoms with van der Waals surface area (Å²) >= 11 is 11.8. The molecule has 0 bridgehead atoms. The number of hydrogen-bond acceptors (Lipinski definition) is 4. The molecule has 0 aliphatic rings. The van der Waals surface area contributed by atoms with E-state index in [9.17, 15) is 13.2 Å². The van der Waals surface area contributed by atoms with Crippen LogP contribution >= 0.6 is 23.2 Å². The monoisotopic (exact) mass is 390 g/mol. The minimum atomic E-state index is -3.88. The van der Waals surface area contributed by atoms with Gasteiger partial charge in [-0.05, 0) is 25.1 Å². The van der Waals surface area contributed by atoms with Crippen molar-refractivity contribution in [1.82, 2.24) is 9.29 Å². The van der Waals surface area contributed by atoms with Crippen molar-refractivity contribution < 1.29 is 13.2 Å². The molecule has 2 rings (SSSR count). The number of nitrogens with one attached hydrogen (secondary N) is 1. The second kappa shape index (κ2) is 7.57. The van der Waals surface area contributed by atoms with E-state index >= 15 is 0 Å². The summed E-state index contributed by atoms with van der Waals surface area (Å²) < 4.78 is 33.6. The molecule has 0 amide bonds. The Hall–Kier alpha value is -1.54. The molecule has 9 heteroatoms.